The van der Waals surface area contributed by atoms with Crippen LogP contribution in [0.5, 0.6) is 5.75 Å². The Balaban J connectivity index is 0.801. The van der Waals surface area contributed by atoms with Crippen molar-refractivity contribution in [1.82, 2.24) is 25.5 Å². The van der Waals surface area contributed by atoms with Crippen LogP contribution in [0.1, 0.15) is 129 Å². The van der Waals surface area contributed by atoms with Crippen molar-refractivity contribution in [2.24, 2.45) is 27.0 Å². The first-order valence-corrected chi connectivity index (χ1v) is 34.4. The van der Waals surface area contributed by atoms with E-state index in [0.29, 0.717) is 71.4 Å². The quantitative estimate of drug-likeness (QED) is 0.0140. The molecule has 2 aliphatic heterocycles. The summed E-state index contributed by atoms with van der Waals surface area (Å²) in [6.45, 7) is 11.3. The third-order valence-corrected chi connectivity index (χ3v) is 19.3. The minimum atomic E-state index is -2.10. The van der Waals surface area contributed by atoms with E-state index in [2.05, 4.69) is 53.9 Å². The number of nitrogens with two attached hydrogens (primary N) is 1. The number of carbonyl (C=O) groups excluding carboxylic acids is 5. The number of anilines is 3. The van der Waals surface area contributed by atoms with Gasteiger partial charge in [-0.2, -0.15) is 0 Å². The number of thiazole rings is 1. The number of aromatic nitrogens is 2. The van der Waals surface area contributed by atoms with E-state index >= 15 is 0 Å². The Morgan fingerprint density at radius 3 is 2.43 bits per heavy atom. The van der Waals surface area contributed by atoms with Crippen LogP contribution in [0.3, 0.4) is 0 Å². The number of fused-ring (bicyclic) bond motifs is 4. The number of carboxylic acid groups (broad SMARTS) is 1. The van der Waals surface area contributed by atoms with Crippen LogP contribution in [0.2, 0.25) is 0 Å². The lowest BCUT2D eigenvalue weighted by Gasteiger charge is -2.61. The Hall–Kier alpha value is -8.00. The molecule has 524 valence electrons. The average molecular weight is 1380 g/mol. The van der Waals surface area contributed by atoms with Crippen molar-refractivity contribution in [3.63, 3.8) is 0 Å². The van der Waals surface area contributed by atoms with Crippen LogP contribution in [0, 0.1) is 16.2 Å². The number of hydrogen-bond donors (Lipinski definition) is 10. The van der Waals surface area contributed by atoms with E-state index < -0.39 is 77.7 Å². The van der Waals surface area contributed by atoms with E-state index in [9.17, 15) is 53.4 Å². The first kappa shape index (κ1) is 73.3. The molecule has 27 nitrogen and oxygen atoms in total. The molecule has 3 aromatic carbocycles. The summed E-state index contributed by atoms with van der Waals surface area (Å²) in [6.07, 6.45) is -0.0687. The summed E-state index contributed by atoms with van der Waals surface area (Å²) in [5, 5.41) is 52.6. The van der Waals surface area contributed by atoms with Crippen molar-refractivity contribution < 1.29 is 81.6 Å². The fourth-order valence-corrected chi connectivity index (χ4v) is 15.7. The van der Waals surface area contributed by atoms with Crippen LogP contribution in [0.25, 0.3) is 15.8 Å². The lowest BCUT2D eigenvalue weighted by molar-refractivity contribution is -0.229. The smallest absolute Gasteiger partial charge is 0.409 e. The number of nitrogens with one attached hydrogen (secondary N) is 4. The summed E-state index contributed by atoms with van der Waals surface area (Å²) in [5.74, 6) is -2.71. The zero-order valence-corrected chi connectivity index (χ0v) is 57.1. The first-order valence-electron chi connectivity index (χ1n) is 32.3. The summed E-state index contributed by atoms with van der Waals surface area (Å²) >= 11 is -0.700. The minimum Gasteiger partial charge on any atom is -0.476 e. The fraction of sp³-hybridized carbons (Fsp3) is 0.515. The molecule has 9 rings (SSSR count). The summed E-state index contributed by atoms with van der Waals surface area (Å²) in [5.41, 5.74) is 10.1. The normalized spacial score (nSPS) is 23.3. The van der Waals surface area contributed by atoms with E-state index in [1.54, 1.807) is 31.3 Å². The number of likely N-dealkylation sites (N-methyl/N-ethyl adjacent to an activating group) is 1. The molecule has 0 radical (unpaired) electrons. The molecule has 2 aliphatic carbocycles. The number of aliphatic imine (C=N–C) groups is 1. The highest BCUT2D eigenvalue weighted by molar-refractivity contribution is 7.79. The van der Waals surface area contributed by atoms with E-state index in [-0.39, 0.29) is 110 Å². The van der Waals surface area contributed by atoms with Crippen LogP contribution in [0.15, 0.2) is 84.0 Å². The van der Waals surface area contributed by atoms with Crippen LogP contribution in [-0.4, -0.2) is 188 Å². The maximum atomic E-state index is 13.8. The molecule has 4 heterocycles. The highest BCUT2D eigenvalue weighted by Crippen LogP contribution is 2.63. The number of amides is 5. The molecule has 2 bridgehead atoms. The lowest BCUT2D eigenvalue weighted by Crippen LogP contribution is -2.57. The van der Waals surface area contributed by atoms with Crippen molar-refractivity contribution in [2.75, 3.05) is 87.5 Å². The van der Waals surface area contributed by atoms with E-state index in [1.165, 1.54) is 34.6 Å². The molecule has 5 aromatic rings. The average Bonchev–Trinajstić information content (AvgIpc) is 1.72. The van der Waals surface area contributed by atoms with Gasteiger partial charge in [0.05, 0.1) is 53.2 Å². The number of hydrogen-bond acceptors (Lipinski definition) is 21. The molecule has 3 fully saturated rings. The summed E-state index contributed by atoms with van der Waals surface area (Å²) < 4.78 is 50.3. The van der Waals surface area contributed by atoms with Crippen LogP contribution in [0.4, 0.5) is 21.4 Å². The SMILES string of the molecule is CC(=NCC1(C)CC2(C)CC(C)(C)CC(OCCN(C)C(=O)OCc3ccc(OC4CC(O)C(O)C(CO)O4)c(NC(=O)CCNC(=O)COCCNC(=O)CCS(=O)O)c3)(C1)C2)C(=CN)c1ccc(N2CCc3cccc(C(=O)Nc4nc5ccccc5s4)c3C2)nc1C(=O)O. The van der Waals surface area contributed by atoms with Crippen LogP contribution >= 0.6 is 11.3 Å². The molecule has 8 unspecified atom stereocenters. The maximum Gasteiger partial charge on any atom is 0.409 e. The molecule has 2 aromatic heterocycles. The number of benzene rings is 3. The molecule has 8 atom stereocenters. The zero-order valence-electron chi connectivity index (χ0n) is 55.4. The Morgan fingerprint density at radius 2 is 1.68 bits per heavy atom. The second-order valence-corrected chi connectivity index (χ2v) is 29.0. The number of ether oxygens (including phenoxy) is 5. The number of allylic oxidation sites excluding steroid dienone is 1. The van der Waals surface area contributed by atoms with Crippen LogP contribution < -0.4 is 36.6 Å². The molecule has 2 saturated carbocycles. The zero-order chi connectivity index (χ0) is 69.8. The molecular weight excluding hydrogens is 1290 g/mol. The number of aromatic carboxylic acids is 1. The molecule has 29 heteroatoms. The molecule has 4 aliphatic rings. The van der Waals surface area contributed by atoms with Crippen LogP contribution in [-0.2, 0) is 64.0 Å². The van der Waals surface area contributed by atoms with Gasteiger partial charge in [-0.1, -0.05) is 69.4 Å². The van der Waals surface area contributed by atoms with Gasteiger partial charge in [-0.25, -0.2) is 23.8 Å². The maximum absolute atomic E-state index is 13.8. The highest BCUT2D eigenvalue weighted by atomic mass is 32.2. The van der Waals surface area contributed by atoms with Gasteiger partial charge in [-0.15, -0.1) is 0 Å². The Labute approximate surface area is 569 Å². The minimum absolute atomic E-state index is 0.00592. The number of aliphatic hydroxyl groups excluding tert-OH is 3. The number of carbonyl (C=O) groups is 6. The van der Waals surface area contributed by atoms with Crippen molar-refractivity contribution in [2.45, 2.75) is 136 Å². The van der Waals surface area contributed by atoms with Gasteiger partial charge in [0.1, 0.15) is 37.0 Å². The van der Waals surface area contributed by atoms with E-state index in [4.69, 9.17) is 43.9 Å². The number of carboxylic acids is 1. The van der Waals surface area contributed by atoms with Crippen molar-refractivity contribution in [3.8, 4) is 5.75 Å². The summed E-state index contributed by atoms with van der Waals surface area (Å²) in [7, 11) is 1.61. The Bertz CT molecular complexity index is 3760. The standard InChI is InChI=1S/C68H88N10O17S2/c1-41(46(30-69)44-15-17-54(75-59(44)62(86)87)78-23-19-43-10-9-11-45(47(43)31-78)61(85)76-63-74-48-12-7-8-13-53(48)96-63)72-40-67(5)37-66(4)35-65(2,3)36-68(38-66,39-67)93-26-24-77(6)64(88)92-33-42-14-16-51(94-58-29-50(80)60(84)52(32-79)95-58)49(28-42)73-56(82)18-21-70-57(83)34-91-25-22-71-55(81)20-27-97(89)90/h7-17,28,30,50,52,58,60,79-80,84H,18-27,29,31-40,69H2,1-6H3,(H,70,83)(H,71,81)(H,73,82)(H,86,87)(H,89,90)(H,74,76,85). The second kappa shape index (κ2) is 32.1. The Morgan fingerprint density at radius 1 is 0.897 bits per heavy atom. The number of aliphatic hydroxyl groups is 3. The lowest BCUT2D eigenvalue weighted by atomic mass is 9.48. The predicted octanol–water partition coefficient (Wildman–Crippen LogP) is 6.40. The third kappa shape index (κ3) is 19.4. The molecular formula is C68H88N10O17S2. The van der Waals surface area contributed by atoms with Gasteiger partial charge >= 0.3 is 12.1 Å². The summed E-state index contributed by atoms with van der Waals surface area (Å²) in [6, 6.07) is 21.5. The second-order valence-electron chi connectivity index (χ2n) is 26.9. The fourth-order valence-electron chi connectivity index (χ4n) is 14.4. The number of nitrogens with zero attached hydrogens (tertiary/aromatic N) is 5. The van der Waals surface area contributed by atoms with Gasteiger partial charge in [0.2, 0.25) is 24.0 Å². The largest absolute Gasteiger partial charge is 0.476 e. The number of pyridine rings is 1. The summed E-state index contributed by atoms with van der Waals surface area (Å²) in [4.78, 5) is 95.9. The van der Waals surface area contributed by atoms with Gasteiger partial charge in [0.15, 0.2) is 21.9 Å². The van der Waals surface area contributed by atoms with Gasteiger partial charge in [0, 0.05) is 94.2 Å². The Kier molecular flexibility index (Phi) is 24.3. The number of rotatable bonds is 29. The van der Waals surface area contributed by atoms with Gasteiger partial charge in [0.25, 0.3) is 5.91 Å². The molecule has 0 spiro atoms. The predicted molar refractivity (Wildman–Crippen MR) is 364 cm³/mol. The van der Waals surface area contributed by atoms with Gasteiger partial charge in [-0.05, 0) is 121 Å². The third-order valence-electron chi connectivity index (χ3n) is 17.8. The monoisotopic (exact) mass is 1380 g/mol. The topological polar surface area (TPSA) is 386 Å². The van der Waals surface area contributed by atoms with E-state index in [1.807, 2.05) is 48.2 Å². The molecule has 11 N–H and O–H groups in total. The highest BCUT2D eigenvalue weighted by Gasteiger charge is 2.58. The van der Waals surface area contributed by atoms with Gasteiger partial charge in [-0.3, -0.25) is 29.5 Å². The van der Waals surface area contributed by atoms with Crippen molar-refractivity contribution in [3.05, 3.63) is 113 Å². The number of para-hydroxylation sites is 1. The molecule has 5 amide bonds. The first-order chi connectivity index (χ1) is 46.1. The van der Waals surface area contributed by atoms with Crippen molar-refractivity contribution >= 4 is 96.2 Å². The molecule has 97 heavy (non-hydrogen) atoms. The molecule has 1 saturated heterocycles. The van der Waals surface area contributed by atoms with Crippen molar-refractivity contribution in [1.29, 1.82) is 0 Å². The van der Waals surface area contributed by atoms with E-state index in [0.717, 1.165) is 47.0 Å². The van der Waals surface area contributed by atoms with Gasteiger partial charge < -0.3 is 80.1 Å².